The summed E-state index contributed by atoms with van der Waals surface area (Å²) >= 11 is 0. The first-order valence-electron chi connectivity index (χ1n) is 6.87. The molecule has 5 heteroatoms. The third-order valence-corrected chi connectivity index (χ3v) is 3.55. The number of hydrogen-bond donors (Lipinski definition) is 2. The van der Waals surface area contributed by atoms with Gasteiger partial charge in [0.25, 0.3) is 0 Å². The Labute approximate surface area is 114 Å². The van der Waals surface area contributed by atoms with E-state index in [1.165, 1.54) is 19.3 Å². The molecule has 1 aromatic rings. The van der Waals surface area contributed by atoms with Crippen LogP contribution in [0.3, 0.4) is 0 Å². The van der Waals surface area contributed by atoms with Crippen molar-refractivity contribution in [3.63, 3.8) is 0 Å². The summed E-state index contributed by atoms with van der Waals surface area (Å²) in [6, 6.07) is 3.87. The molecule has 1 amide bonds. The number of carbonyl (C=O) groups excluding carboxylic acids is 1. The number of nitrogens with zero attached hydrogens (tertiary/aromatic N) is 2. The third-order valence-electron chi connectivity index (χ3n) is 3.55. The Morgan fingerprint density at radius 3 is 2.89 bits per heavy atom. The second-order valence-corrected chi connectivity index (χ2v) is 5.22. The molecule has 1 aliphatic heterocycles. The molecule has 1 fully saturated rings. The Hall–Kier alpha value is -1.62. The molecule has 5 nitrogen and oxygen atoms in total. The Bertz CT molecular complexity index is 430. The first-order valence-corrected chi connectivity index (χ1v) is 6.87. The maximum absolute atomic E-state index is 11.5. The van der Waals surface area contributed by atoms with Gasteiger partial charge in [-0.2, -0.15) is 0 Å². The van der Waals surface area contributed by atoms with Crippen molar-refractivity contribution in [3.05, 3.63) is 18.3 Å². The highest BCUT2D eigenvalue weighted by molar-refractivity contribution is 5.93. The van der Waals surface area contributed by atoms with Crippen LogP contribution >= 0.6 is 0 Å². The molecule has 2 atom stereocenters. The van der Waals surface area contributed by atoms with E-state index < -0.39 is 6.04 Å². The minimum absolute atomic E-state index is 0.216. The van der Waals surface area contributed by atoms with Gasteiger partial charge in [0.05, 0.1) is 17.9 Å². The van der Waals surface area contributed by atoms with Crippen molar-refractivity contribution in [2.75, 3.05) is 16.8 Å². The molecular weight excluding hydrogens is 240 g/mol. The number of nitrogens with one attached hydrogen (secondary N) is 1. The fourth-order valence-electron chi connectivity index (χ4n) is 2.35. The summed E-state index contributed by atoms with van der Waals surface area (Å²) in [5.41, 5.74) is 6.62. The van der Waals surface area contributed by atoms with E-state index in [9.17, 15) is 4.79 Å². The Balaban J connectivity index is 2.03. The van der Waals surface area contributed by atoms with Gasteiger partial charge in [-0.1, -0.05) is 0 Å². The highest BCUT2D eigenvalue weighted by Gasteiger charge is 2.18. The number of hydrogen-bond acceptors (Lipinski definition) is 4. The molecule has 1 aromatic heterocycles. The van der Waals surface area contributed by atoms with E-state index in [4.69, 9.17) is 5.73 Å². The second kappa shape index (κ2) is 6.02. The monoisotopic (exact) mass is 262 g/mol. The number of rotatable bonds is 3. The molecular formula is C14H22N4O. The number of anilines is 2. The highest BCUT2D eigenvalue weighted by Crippen LogP contribution is 2.24. The van der Waals surface area contributed by atoms with Crippen LogP contribution in [-0.2, 0) is 4.79 Å². The van der Waals surface area contributed by atoms with Crippen LogP contribution in [0.4, 0.5) is 11.5 Å². The van der Waals surface area contributed by atoms with Gasteiger partial charge in [0, 0.05) is 12.6 Å². The predicted molar refractivity (Wildman–Crippen MR) is 77.2 cm³/mol. The van der Waals surface area contributed by atoms with Crippen LogP contribution in [0.5, 0.6) is 0 Å². The minimum atomic E-state index is -0.524. The third kappa shape index (κ3) is 3.44. The van der Waals surface area contributed by atoms with Crippen molar-refractivity contribution < 1.29 is 4.79 Å². The van der Waals surface area contributed by atoms with Crippen LogP contribution in [0, 0.1) is 0 Å². The largest absolute Gasteiger partial charge is 0.368 e. The number of piperidine rings is 1. The van der Waals surface area contributed by atoms with Crippen molar-refractivity contribution in [3.8, 4) is 0 Å². The van der Waals surface area contributed by atoms with Gasteiger partial charge >= 0.3 is 0 Å². The summed E-state index contributed by atoms with van der Waals surface area (Å²) < 4.78 is 0. The smallest absolute Gasteiger partial charge is 0.242 e. The van der Waals surface area contributed by atoms with Gasteiger partial charge in [0.1, 0.15) is 5.82 Å². The van der Waals surface area contributed by atoms with Crippen LogP contribution in [0.15, 0.2) is 18.3 Å². The average Bonchev–Trinajstić information content (AvgIpc) is 2.40. The van der Waals surface area contributed by atoms with Gasteiger partial charge in [0.2, 0.25) is 5.91 Å². The molecule has 0 aliphatic carbocycles. The molecule has 3 N–H and O–H groups in total. The van der Waals surface area contributed by atoms with E-state index in [0.29, 0.717) is 11.9 Å². The quantitative estimate of drug-likeness (QED) is 0.870. The fraction of sp³-hybridized carbons (Fsp3) is 0.571. The van der Waals surface area contributed by atoms with Crippen molar-refractivity contribution in [2.24, 2.45) is 5.73 Å². The molecule has 2 heterocycles. The van der Waals surface area contributed by atoms with Crippen LogP contribution in [0.1, 0.15) is 33.1 Å². The van der Waals surface area contributed by atoms with Gasteiger partial charge in [0.15, 0.2) is 0 Å². The summed E-state index contributed by atoms with van der Waals surface area (Å²) in [5, 5.41) is 2.69. The lowest BCUT2D eigenvalue weighted by Crippen LogP contribution is -2.37. The standard InChI is InChI=1S/C14H22N4O/c1-10-5-3-4-8-18(10)12-6-7-13(16-9-12)17-14(19)11(2)15/h6-7,9-11H,3-5,8,15H2,1-2H3,(H,16,17,19). The summed E-state index contributed by atoms with van der Waals surface area (Å²) in [7, 11) is 0. The molecule has 2 unspecified atom stereocenters. The maximum Gasteiger partial charge on any atom is 0.242 e. The molecule has 1 aliphatic rings. The van der Waals surface area contributed by atoms with Gasteiger partial charge in [-0.25, -0.2) is 4.98 Å². The van der Waals surface area contributed by atoms with E-state index >= 15 is 0 Å². The van der Waals surface area contributed by atoms with E-state index in [1.54, 1.807) is 6.92 Å². The lowest BCUT2D eigenvalue weighted by molar-refractivity contribution is -0.117. The Morgan fingerprint density at radius 2 is 2.32 bits per heavy atom. The summed E-state index contributed by atoms with van der Waals surface area (Å²) in [4.78, 5) is 18.1. The predicted octanol–water partition coefficient (Wildman–Crippen LogP) is 1.75. The number of aromatic nitrogens is 1. The lowest BCUT2D eigenvalue weighted by atomic mass is 10.0. The van der Waals surface area contributed by atoms with E-state index in [0.717, 1.165) is 12.2 Å². The zero-order chi connectivity index (χ0) is 13.8. The average molecular weight is 262 g/mol. The van der Waals surface area contributed by atoms with Crippen molar-refractivity contribution in [1.82, 2.24) is 4.98 Å². The molecule has 19 heavy (non-hydrogen) atoms. The molecule has 1 saturated heterocycles. The zero-order valence-electron chi connectivity index (χ0n) is 11.6. The molecule has 0 aromatic carbocycles. The van der Waals surface area contributed by atoms with Crippen LogP contribution in [0.25, 0.3) is 0 Å². The molecule has 0 saturated carbocycles. The topological polar surface area (TPSA) is 71.2 Å². The summed E-state index contributed by atoms with van der Waals surface area (Å²) in [6.45, 7) is 4.97. The van der Waals surface area contributed by atoms with Crippen LogP contribution < -0.4 is 16.0 Å². The van der Waals surface area contributed by atoms with Gasteiger partial charge in [-0.15, -0.1) is 0 Å². The van der Waals surface area contributed by atoms with Gasteiger partial charge in [-0.05, 0) is 45.2 Å². The van der Waals surface area contributed by atoms with Crippen molar-refractivity contribution >= 4 is 17.4 Å². The summed E-state index contributed by atoms with van der Waals surface area (Å²) in [6.07, 6.45) is 5.57. The lowest BCUT2D eigenvalue weighted by Gasteiger charge is -2.35. The molecule has 104 valence electrons. The number of amides is 1. The molecule has 0 bridgehead atoms. The molecule has 0 spiro atoms. The van der Waals surface area contributed by atoms with Crippen LogP contribution in [0.2, 0.25) is 0 Å². The first kappa shape index (κ1) is 13.8. The van der Waals surface area contributed by atoms with Crippen molar-refractivity contribution in [1.29, 1.82) is 0 Å². The number of carbonyl (C=O) groups is 1. The Morgan fingerprint density at radius 1 is 1.53 bits per heavy atom. The highest BCUT2D eigenvalue weighted by atomic mass is 16.2. The summed E-state index contributed by atoms with van der Waals surface area (Å²) in [5.74, 6) is 0.335. The molecule has 0 radical (unpaired) electrons. The zero-order valence-corrected chi connectivity index (χ0v) is 11.6. The fourth-order valence-corrected chi connectivity index (χ4v) is 2.35. The number of nitrogens with two attached hydrogens (primary N) is 1. The minimum Gasteiger partial charge on any atom is -0.368 e. The van der Waals surface area contributed by atoms with E-state index in [1.807, 2.05) is 18.3 Å². The van der Waals surface area contributed by atoms with E-state index in [2.05, 4.69) is 22.1 Å². The van der Waals surface area contributed by atoms with Gasteiger partial charge < -0.3 is 16.0 Å². The van der Waals surface area contributed by atoms with Crippen LogP contribution in [-0.4, -0.2) is 29.5 Å². The number of pyridine rings is 1. The van der Waals surface area contributed by atoms with Gasteiger partial charge in [-0.3, -0.25) is 4.79 Å². The maximum atomic E-state index is 11.5. The molecule has 2 rings (SSSR count). The normalized spacial score (nSPS) is 21.0. The SMILES string of the molecule is CC(N)C(=O)Nc1ccc(N2CCCCC2C)cn1. The second-order valence-electron chi connectivity index (χ2n) is 5.22. The van der Waals surface area contributed by atoms with Crippen molar-refractivity contribution in [2.45, 2.75) is 45.2 Å². The first-order chi connectivity index (χ1) is 9.08. The Kier molecular flexibility index (Phi) is 4.37. The van der Waals surface area contributed by atoms with E-state index in [-0.39, 0.29) is 5.91 Å².